The number of ether oxygens (including phenoxy) is 1. The van der Waals surface area contributed by atoms with Crippen molar-refractivity contribution in [3.8, 4) is 11.4 Å². The second-order valence-corrected chi connectivity index (χ2v) is 6.51. The summed E-state index contributed by atoms with van der Waals surface area (Å²) in [6.07, 6.45) is 6.73. The summed E-state index contributed by atoms with van der Waals surface area (Å²) in [6.45, 7) is 5.33. The maximum absolute atomic E-state index is 11.1. The third-order valence-electron chi connectivity index (χ3n) is 4.46. The fourth-order valence-corrected chi connectivity index (χ4v) is 3.14. The molecule has 1 saturated heterocycles. The first-order valence-corrected chi connectivity index (χ1v) is 8.73. The Morgan fingerprint density at radius 3 is 2.79 bits per heavy atom. The molecule has 1 aliphatic rings. The number of rotatable bonds is 7. The Balaban J connectivity index is 1.48. The van der Waals surface area contributed by atoms with E-state index in [0.29, 0.717) is 11.6 Å². The number of halogens is 1. The summed E-state index contributed by atoms with van der Waals surface area (Å²) in [5.74, 6) is 0.842. The summed E-state index contributed by atoms with van der Waals surface area (Å²) in [5, 5.41) is 3.62. The molecule has 0 spiro atoms. The van der Waals surface area contributed by atoms with Crippen LogP contribution in [0.15, 0.2) is 36.7 Å². The molecule has 128 valence electrons. The predicted molar refractivity (Wildman–Crippen MR) is 94.1 cm³/mol. The summed E-state index contributed by atoms with van der Waals surface area (Å²) in [6, 6.07) is 8.36. The molecule has 1 aliphatic heterocycles. The lowest BCUT2D eigenvalue weighted by atomic mass is 10.2. The molecule has 0 bridgehead atoms. The maximum Gasteiger partial charge on any atom is 0.255 e. The number of hydrogen-bond acceptors (Lipinski definition) is 4. The van der Waals surface area contributed by atoms with Crippen LogP contribution in [0, 0.1) is 0 Å². The van der Waals surface area contributed by atoms with E-state index in [1.165, 1.54) is 25.6 Å². The molecule has 6 heteroatoms. The molecule has 0 amide bonds. The summed E-state index contributed by atoms with van der Waals surface area (Å²) < 4.78 is 7.42. The fourth-order valence-electron chi connectivity index (χ4n) is 3.04. The van der Waals surface area contributed by atoms with E-state index in [1.807, 2.05) is 24.3 Å². The number of carbonyl (C=O) groups is 1. The van der Waals surface area contributed by atoms with Crippen LogP contribution in [0.5, 0.6) is 5.75 Å². The van der Waals surface area contributed by atoms with Crippen molar-refractivity contribution in [2.24, 2.45) is 0 Å². The van der Waals surface area contributed by atoms with Crippen molar-refractivity contribution < 1.29 is 9.53 Å². The van der Waals surface area contributed by atoms with Gasteiger partial charge in [-0.3, -0.25) is 4.79 Å². The van der Waals surface area contributed by atoms with Gasteiger partial charge in [-0.15, -0.1) is 0 Å². The molecule has 0 aliphatic carbocycles. The van der Waals surface area contributed by atoms with Crippen molar-refractivity contribution in [1.29, 1.82) is 0 Å². The molecular weight excluding hydrogens is 326 g/mol. The zero-order valence-corrected chi connectivity index (χ0v) is 14.6. The van der Waals surface area contributed by atoms with Crippen molar-refractivity contribution in [3.63, 3.8) is 0 Å². The van der Waals surface area contributed by atoms with E-state index in [2.05, 4.69) is 16.9 Å². The molecule has 2 heterocycles. The van der Waals surface area contributed by atoms with Crippen molar-refractivity contribution in [2.45, 2.75) is 32.2 Å². The maximum atomic E-state index is 11.1. The van der Waals surface area contributed by atoms with Crippen molar-refractivity contribution in [1.82, 2.24) is 14.7 Å². The highest BCUT2D eigenvalue weighted by Crippen LogP contribution is 2.18. The van der Waals surface area contributed by atoms with Crippen molar-refractivity contribution >= 4 is 16.8 Å². The normalized spacial score (nSPS) is 18.0. The Bertz CT molecular complexity index is 684. The molecular formula is C18H22ClN3O2. The van der Waals surface area contributed by atoms with E-state index in [4.69, 9.17) is 16.3 Å². The second kappa shape index (κ2) is 7.81. The Morgan fingerprint density at radius 1 is 1.38 bits per heavy atom. The Labute approximate surface area is 147 Å². The van der Waals surface area contributed by atoms with Crippen LogP contribution >= 0.6 is 11.6 Å². The van der Waals surface area contributed by atoms with Crippen LogP contribution in [0.2, 0.25) is 0 Å². The Kier molecular flexibility index (Phi) is 5.53. The van der Waals surface area contributed by atoms with Gasteiger partial charge in [0, 0.05) is 18.8 Å². The number of hydrogen-bond donors (Lipinski definition) is 0. The molecule has 2 aromatic rings. The molecule has 1 aromatic heterocycles. The van der Waals surface area contributed by atoms with Gasteiger partial charge in [0.05, 0.1) is 24.1 Å². The number of benzene rings is 1. The van der Waals surface area contributed by atoms with Gasteiger partial charge < -0.3 is 9.64 Å². The molecule has 0 radical (unpaired) electrons. The van der Waals surface area contributed by atoms with Gasteiger partial charge in [-0.2, -0.15) is 5.10 Å². The molecule has 24 heavy (non-hydrogen) atoms. The van der Waals surface area contributed by atoms with Gasteiger partial charge in [0.1, 0.15) is 5.75 Å². The van der Waals surface area contributed by atoms with Gasteiger partial charge in [0.2, 0.25) is 0 Å². The molecule has 0 saturated carbocycles. The Hall–Kier alpha value is -1.85. The fraction of sp³-hybridized carbons (Fsp3) is 0.444. The number of aromatic nitrogens is 2. The summed E-state index contributed by atoms with van der Waals surface area (Å²) in [7, 11) is 0. The molecule has 3 rings (SSSR count). The molecule has 0 N–H and O–H groups in total. The van der Waals surface area contributed by atoms with Crippen LogP contribution in [-0.4, -0.2) is 45.7 Å². The lowest BCUT2D eigenvalue weighted by Gasteiger charge is -2.20. The summed E-state index contributed by atoms with van der Waals surface area (Å²) in [5.41, 5.74) is 1.24. The third-order valence-corrected chi connectivity index (χ3v) is 4.68. The monoisotopic (exact) mass is 347 g/mol. The topological polar surface area (TPSA) is 47.4 Å². The lowest BCUT2D eigenvalue weighted by molar-refractivity contribution is 0.108. The van der Waals surface area contributed by atoms with E-state index in [0.717, 1.165) is 31.0 Å². The molecule has 1 fully saturated rings. The minimum absolute atomic E-state index is 0.383. The number of carbonyl (C=O) groups excluding carboxylic acids is 1. The van der Waals surface area contributed by atoms with E-state index in [-0.39, 0.29) is 0 Å². The van der Waals surface area contributed by atoms with Crippen LogP contribution < -0.4 is 4.74 Å². The van der Waals surface area contributed by atoms with Crippen molar-refractivity contribution in [3.05, 3.63) is 42.2 Å². The third kappa shape index (κ3) is 4.16. The van der Waals surface area contributed by atoms with Gasteiger partial charge in [-0.25, -0.2) is 4.68 Å². The molecule has 5 nitrogen and oxygen atoms in total. The standard InChI is InChI=1S/C18H22ClN3O2/c1-14-4-2-9-21(14)10-3-11-24-17-7-5-16(6-8-17)22-13-15(12-20-22)18(19)23/h5-8,12-14H,2-4,9-11H2,1H3/t14-/m0/s1. The van der Waals surface area contributed by atoms with Gasteiger partial charge in [0.15, 0.2) is 0 Å². The van der Waals surface area contributed by atoms with Crippen molar-refractivity contribution in [2.75, 3.05) is 19.7 Å². The number of nitrogens with zero attached hydrogens (tertiary/aromatic N) is 3. The van der Waals surface area contributed by atoms with Crippen LogP contribution in [0.1, 0.15) is 36.5 Å². The summed E-state index contributed by atoms with van der Waals surface area (Å²) >= 11 is 5.44. The average molecular weight is 348 g/mol. The van der Waals surface area contributed by atoms with Crippen LogP contribution in [0.25, 0.3) is 5.69 Å². The summed E-state index contributed by atoms with van der Waals surface area (Å²) in [4.78, 5) is 13.6. The quantitative estimate of drug-likeness (QED) is 0.568. The largest absolute Gasteiger partial charge is 0.494 e. The SMILES string of the molecule is C[C@H]1CCCN1CCCOc1ccc(-n2cc(C(=O)Cl)cn2)cc1. The molecule has 1 atom stereocenters. The zero-order valence-electron chi connectivity index (χ0n) is 13.8. The first kappa shape index (κ1) is 17.0. The van der Waals surface area contributed by atoms with E-state index >= 15 is 0 Å². The lowest BCUT2D eigenvalue weighted by Crippen LogP contribution is -2.28. The molecule has 0 unspecified atom stereocenters. The van der Waals surface area contributed by atoms with Crippen LogP contribution in [0.3, 0.4) is 0 Å². The predicted octanol–water partition coefficient (Wildman–Crippen LogP) is 3.50. The van der Waals surface area contributed by atoms with Crippen LogP contribution in [0.4, 0.5) is 0 Å². The molecule has 1 aromatic carbocycles. The van der Waals surface area contributed by atoms with E-state index in [9.17, 15) is 4.79 Å². The van der Waals surface area contributed by atoms with Crippen LogP contribution in [-0.2, 0) is 0 Å². The van der Waals surface area contributed by atoms with Gasteiger partial charge >= 0.3 is 0 Å². The first-order chi connectivity index (χ1) is 11.6. The Morgan fingerprint density at radius 2 is 2.17 bits per heavy atom. The number of likely N-dealkylation sites (tertiary alicyclic amines) is 1. The highest BCUT2D eigenvalue weighted by molar-refractivity contribution is 6.67. The zero-order chi connectivity index (χ0) is 16.9. The van der Waals surface area contributed by atoms with E-state index < -0.39 is 5.24 Å². The smallest absolute Gasteiger partial charge is 0.255 e. The van der Waals surface area contributed by atoms with Gasteiger partial charge in [-0.1, -0.05) is 0 Å². The van der Waals surface area contributed by atoms with E-state index in [1.54, 1.807) is 10.9 Å². The van der Waals surface area contributed by atoms with Gasteiger partial charge in [-0.05, 0) is 68.6 Å². The highest BCUT2D eigenvalue weighted by atomic mass is 35.5. The first-order valence-electron chi connectivity index (χ1n) is 8.35. The van der Waals surface area contributed by atoms with Gasteiger partial charge in [0.25, 0.3) is 5.24 Å². The highest BCUT2D eigenvalue weighted by Gasteiger charge is 2.19. The average Bonchev–Trinajstić information content (AvgIpc) is 3.22. The second-order valence-electron chi connectivity index (χ2n) is 6.17. The minimum atomic E-state index is -0.506. The minimum Gasteiger partial charge on any atom is -0.494 e.